The van der Waals surface area contributed by atoms with Crippen LogP contribution in [0.15, 0.2) is 29.2 Å². The second-order valence-corrected chi connectivity index (χ2v) is 8.58. The van der Waals surface area contributed by atoms with Gasteiger partial charge in [0.2, 0.25) is 10.0 Å². The quantitative estimate of drug-likeness (QED) is 0.870. The molecule has 5 nitrogen and oxygen atoms in total. The van der Waals surface area contributed by atoms with Crippen LogP contribution in [0.3, 0.4) is 0 Å². The van der Waals surface area contributed by atoms with Crippen molar-refractivity contribution in [2.45, 2.75) is 37.2 Å². The van der Waals surface area contributed by atoms with Crippen molar-refractivity contribution >= 4 is 22.4 Å². The summed E-state index contributed by atoms with van der Waals surface area (Å²) in [7, 11) is -0.270. The highest BCUT2D eigenvalue weighted by atomic mass is 35.5. The van der Waals surface area contributed by atoms with E-state index in [4.69, 9.17) is 5.73 Å². The van der Waals surface area contributed by atoms with Gasteiger partial charge >= 0.3 is 0 Å². The zero-order chi connectivity index (χ0) is 16.3. The molecule has 0 saturated carbocycles. The van der Waals surface area contributed by atoms with Crippen molar-refractivity contribution in [3.05, 3.63) is 29.8 Å². The number of piperidine rings is 1. The van der Waals surface area contributed by atoms with Crippen molar-refractivity contribution in [1.29, 1.82) is 0 Å². The van der Waals surface area contributed by atoms with E-state index >= 15 is 0 Å². The molecule has 1 aliphatic rings. The predicted octanol–water partition coefficient (Wildman–Crippen LogP) is 1.92. The topological polar surface area (TPSA) is 66.6 Å². The Morgan fingerprint density at radius 3 is 2.65 bits per heavy atom. The van der Waals surface area contributed by atoms with E-state index in [1.807, 2.05) is 12.1 Å². The molecule has 23 heavy (non-hydrogen) atoms. The Morgan fingerprint density at radius 1 is 1.35 bits per heavy atom. The first-order valence-corrected chi connectivity index (χ1v) is 9.24. The maximum absolute atomic E-state index is 12.2. The molecule has 0 aromatic heterocycles. The minimum atomic E-state index is -3.38. The number of benzene rings is 1. The first-order chi connectivity index (χ1) is 10.3. The van der Waals surface area contributed by atoms with Gasteiger partial charge in [0.05, 0.1) is 4.90 Å². The van der Waals surface area contributed by atoms with E-state index in [0.717, 1.165) is 25.1 Å². The van der Waals surface area contributed by atoms with E-state index in [1.54, 1.807) is 26.2 Å². The van der Waals surface area contributed by atoms with Crippen LogP contribution in [0.4, 0.5) is 0 Å². The normalized spacial score (nSPS) is 22.8. The Hall–Kier alpha value is -0.660. The zero-order valence-electron chi connectivity index (χ0n) is 14.1. The first kappa shape index (κ1) is 20.4. The lowest BCUT2D eigenvalue weighted by molar-refractivity contribution is 0.115. The van der Waals surface area contributed by atoms with Gasteiger partial charge in [-0.25, -0.2) is 12.7 Å². The molecule has 1 aromatic rings. The van der Waals surface area contributed by atoms with Gasteiger partial charge in [-0.2, -0.15) is 0 Å². The Labute approximate surface area is 146 Å². The summed E-state index contributed by atoms with van der Waals surface area (Å²) < 4.78 is 25.7. The lowest BCUT2D eigenvalue weighted by Gasteiger charge is -2.38. The summed E-state index contributed by atoms with van der Waals surface area (Å²) in [5.74, 6) is 0.713. The molecule has 0 amide bonds. The molecular weight excluding hydrogens is 334 g/mol. The molecule has 0 spiro atoms. The molecule has 132 valence electrons. The molecule has 2 atom stereocenters. The summed E-state index contributed by atoms with van der Waals surface area (Å²) in [4.78, 5) is 2.73. The summed E-state index contributed by atoms with van der Waals surface area (Å²) in [6.45, 7) is 4.70. The van der Waals surface area contributed by atoms with Crippen LogP contribution >= 0.6 is 12.4 Å². The Bertz CT molecular complexity index is 607. The third-order valence-electron chi connectivity index (χ3n) is 4.43. The van der Waals surface area contributed by atoms with Gasteiger partial charge < -0.3 is 5.73 Å². The number of halogens is 1. The summed E-state index contributed by atoms with van der Waals surface area (Å²) >= 11 is 0. The SMILES string of the molecule is CC1CCN(Cc2cccc(S(=O)(=O)N(C)C)c2)C(CN)C1.Cl. The van der Waals surface area contributed by atoms with E-state index in [0.29, 0.717) is 23.4 Å². The minimum absolute atomic E-state index is 0. The highest BCUT2D eigenvalue weighted by molar-refractivity contribution is 7.89. The summed E-state index contributed by atoms with van der Waals surface area (Å²) in [6, 6.07) is 7.62. The number of nitrogens with two attached hydrogens (primary N) is 1. The van der Waals surface area contributed by atoms with Crippen molar-refractivity contribution in [2.24, 2.45) is 11.7 Å². The van der Waals surface area contributed by atoms with Crippen LogP contribution < -0.4 is 5.73 Å². The van der Waals surface area contributed by atoms with Crippen molar-refractivity contribution in [3.63, 3.8) is 0 Å². The van der Waals surface area contributed by atoms with Crippen LogP contribution in [0.5, 0.6) is 0 Å². The number of rotatable bonds is 5. The lowest BCUT2D eigenvalue weighted by atomic mass is 9.92. The van der Waals surface area contributed by atoms with Crippen LogP contribution in [0.1, 0.15) is 25.3 Å². The van der Waals surface area contributed by atoms with Gasteiger partial charge in [0, 0.05) is 33.2 Å². The third-order valence-corrected chi connectivity index (χ3v) is 6.25. The highest BCUT2D eigenvalue weighted by Gasteiger charge is 2.25. The zero-order valence-corrected chi connectivity index (χ0v) is 15.7. The van der Waals surface area contributed by atoms with Gasteiger partial charge in [0.1, 0.15) is 0 Å². The molecule has 0 radical (unpaired) electrons. The van der Waals surface area contributed by atoms with E-state index in [2.05, 4.69) is 11.8 Å². The van der Waals surface area contributed by atoms with Crippen molar-refractivity contribution in [2.75, 3.05) is 27.2 Å². The maximum Gasteiger partial charge on any atom is 0.242 e. The lowest BCUT2D eigenvalue weighted by Crippen LogP contribution is -2.45. The monoisotopic (exact) mass is 361 g/mol. The first-order valence-electron chi connectivity index (χ1n) is 7.80. The molecule has 7 heteroatoms. The number of likely N-dealkylation sites (tertiary alicyclic amines) is 1. The van der Waals surface area contributed by atoms with Crippen molar-refractivity contribution in [1.82, 2.24) is 9.21 Å². The Balaban J connectivity index is 0.00000264. The van der Waals surface area contributed by atoms with Gasteiger partial charge in [0.25, 0.3) is 0 Å². The average Bonchev–Trinajstić information content (AvgIpc) is 2.49. The number of hydrogen-bond donors (Lipinski definition) is 1. The fourth-order valence-corrected chi connectivity index (χ4v) is 3.98. The van der Waals surface area contributed by atoms with Gasteiger partial charge in [-0.05, 0) is 43.0 Å². The van der Waals surface area contributed by atoms with Crippen molar-refractivity contribution in [3.8, 4) is 0 Å². The molecule has 0 aliphatic carbocycles. The summed E-state index contributed by atoms with van der Waals surface area (Å²) in [6.07, 6.45) is 2.29. The van der Waals surface area contributed by atoms with E-state index in [-0.39, 0.29) is 12.4 Å². The summed E-state index contributed by atoms with van der Waals surface area (Å²) in [5.41, 5.74) is 6.93. The van der Waals surface area contributed by atoms with Crippen molar-refractivity contribution < 1.29 is 8.42 Å². The molecule has 1 heterocycles. The molecule has 1 saturated heterocycles. The molecule has 2 N–H and O–H groups in total. The fourth-order valence-electron chi connectivity index (χ4n) is 3.00. The predicted molar refractivity (Wildman–Crippen MR) is 96.2 cm³/mol. The largest absolute Gasteiger partial charge is 0.329 e. The van der Waals surface area contributed by atoms with Gasteiger partial charge in [-0.15, -0.1) is 12.4 Å². The molecule has 1 fully saturated rings. The standard InChI is InChI=1S/C16H27N3O2S.ClH/c1-13-7-8-19(15(9-13)11-17)12-14-5-4-6-16(10-14)22(20,21)18(2)3;/h4-6,10,13,15H,7-9,11-12,17H2,1-3H3;1H. The van der Waals surface area contributed by atoms with Gasteiger partial charge in [-0.1, -0.05) is 19.1 Å². The number of nitrogens with zero attached hydrogens (tertiary/aromatic N) is 2. The molecule has 1 aromatic carbocycles. The Kier molecular flexibility index (Phi) is 7.48. The van der Waals surface area contributed by atoms with Crippen LogP contribution in [0, 0.1) is 5.92 Å². The fraction of sp³-hybridized carbons (Fsp3) is 0.625. The third kappa shape index (κ3) is 4.90. The van der Waals surface area contributed by atoms with Crippen LogP contribution in [-0.4, -0.2) is 50.8 Å². The summed E-state index contributed by atoms with van der Waals surface area (Å²) in [5, 5.41) is 0. The second kappa shape index (κ2) is 8.44. The minimum Gasteiger partial charge on any atom is -0.329 e. The van der Waals surface area contributed by atoms with Gasteiger partial charge in [0.15, 0.2) is 0 Å². The van der Waals surface area contributed by atoms with Crippen LogP contribution in [0.2, 0.25) is 0 Å². The number of hydrogen-bond acceptors (Lipinski definition) is 4. The maximum atomic E-state index is 12.2. The molecule has 2 rings (SSSR count). The molecule has 2 unspecified atom stereocenters. The molecular formula is C16H28ClN3O2S. The second-order valence-electron chi connectivity index (χ2n) is 6.42. The average molecular weight is 362 g/mol. The smallest absolute Gasteiger partial charge is 0.242 e. The Morgan fingerprint density at radius 2 is 2.04 bits per heavy atom. The van der Waals surface area contributed by atoms with E-state index < -0.39 is 10.0 Å². The van der Waals surface area contributed by atoms with E-state index in [1.165, 1.54) is 10.7 Å². The highest BCUT2D eigenvalue weighted by Crippen LogP contribution is 2.24. The van der Waals surface area contributed by atoms with Crippen LogP contribution in [-0.2, 0) is 16.6 Å². The molecule has 0 bridgehead atoms. The number of sulfonamides is 1. The van der Waals surface area contributed by atoms with Gasteiger partial charge in [-0.3, -0.25) is 4.90 Å². The molecule has 1 aliphatic heterocycles. The van der Waals surface area contributed by atoms with Crippen LogP contribution in [0.25, 0.3) is 0 Å². The van der Waals surface area contributed by atoms with E-state index in [9.17, 15) is 8.42 Å².